The van der Waals surface area contributed by atoms with Crippen molar-refractivity contribution in [1.29, 1.82) is 0 Å². The van der Waals surface area contributed by atoms with Crippen LogP contribution in [0.3, 0.4) is 0 Å². The van der Waals surface area contributed by atoms with Gasteiger partial charge in [-0.3, -0.25) is 14.6 Å². The Kier molecular flexibility index (Phi) is 8.12. The molecule has 1 aliphatic rings. The fourth-order valence-corrected chi connectivity index (χ4v) is 7.14. The minimum Gasteiger partial charge on any atom is -0.496 e. The van der Waals surface area contributed by atoms with Gasteiger partial charge in [0.1, 0.15) is 10.8 Å². The molecule has 216 valence electrons. The molecule has 0 saturated heterocycles. The van der Waals surface area contributed by atoms with Crippen LogP contribution in [0.25, 0.3) is 32.6 Å². The highest BCUT2D eigenvalue weighted by molar-refractivity contribution is 8.76. The Balaban J connectivity index is 1.28. The highest BCUT2D eigenvalue weighted by atomic mass is 33.1. The van der Waals surface area contributed by atoms with Crippen LogP contribution < -0.4 is 19.8 Å². The predicted molar refractivity (Wildman–Crippen MR) is 168 cm³/mol. The highest BCUT2D eigenvalue weighted by Crippen LogP contribution is 2.39. The van der Waals surface area contributed by atoms with Gasteiger partial charge in [0.25, 0.3) is 5.56 Å². The summed E-state index contributed by atoms with van der Waals surface area (Å²) in [6.45, 7) is 2.80. The van der Waals surface area contributed by atoms with Crippen LogP contribution in [0.1, 0.15) is 18.4 Å². The van der Waals surface area contributed by atoms with Crippen molar-refractivity contribution in [2.75, 3.05) is 33.2 Å². The number of methoxy groups -OCH3 is 1. The molecule has 6 rings (SSSR count). The topological polar surface area (TPSA) is 95.8 Å². The van der Waals surface area contributed by atoms with Gasteiger partial charge in [0.2, 0.25) is 12.7 Å². The van der Waals surface area contributed by atoms with Crippen molar-refractivity contribution in [3.63, 3.8) is 0 Å². The number of benzene rings is 2. The number of carbonyl (C=O) groups is 1. The van der Waals surface area contributed by atoms with Crippen LogP contribution in [0.5, 0.6) is 17.2 Å². The first-order chi connectivity index (χ1) is 20.4. The van der Waals surface area contributed by atoms with Gasteiger partial charge < -0.3 is 23.7 Å². The lowest BCUT2D eigenvalue weighted by Gasteiger charge is -2.20. The standard InChI is InChI=1S/C31H30N4O5S2/c1-19-13-20-21(14-25(19)38-3)31(37)35(30-22-15-26-27(40-18-39-26)16-24(22)33-17-23(20)30)11-10-34(2)29(36)8-6-12-41-42-28-7-4-5-9-32-28/h4-5,7,9,13-17H,6,8,10-12,18H2,1-3H3. The Labute approximate surface area is 250 Å². The number of likely N-dealkylation sites (N-methyl/N-ethyl adjacent to an activating group) is 1. The number of fused-ring (bicyclic) bond motifs is 6. The number of amides is 1. The van der Waals surface area contributed by atoms with Crippen molar-refractivity contribution in [2.45, 2.75) is 31.3 Å². The van der Waals surface area contributed by atoms with E-state index in [2.05, 4.69) is 4.98 Å². The normalized spacial score (nSPS) is 12.4. The molecule has 0 spiro atoms. The van der Waals surface area contributed by atoms with Gasteiger partial charge in [-0.15, -0.1) is 0 Å². The van der Waals surface area contributed by atoms with Crippen molar-refractivity contribution in [3.8, 4) is 17.2 Å². The zero-order chi connectivity index (χ0) is 29.2. The Morgan fingerprint density at radius 1 is 1.07 bits per heavy atom. The fraction of sp³-hybridized carbons (Fsp3) is 0.290. The molecular weight excluding hydrogens is 572 g/mol. The lowest BCUT2D eigenvalue weighted by molar-refractivity contribution is -0.130. The quantitative estimate of drug-likeness (QED) is 0.111. The van der Waals surface area contributed by atoms with Crippen LogP contribution >= 0.6 is 21.6 Å². The second-order valence-electron chi connectivity index (χ2n) is 10.1. The monoisotopic (exact) mass is 602 g/mol. The molecular formula is C31H30N4O5S2. The van der Waals surface area contributed by atoms with E-state index < -0.39 is 0 Å². The average molecular weight is 603 g/mol. The van der Waals surface area contributed by atoms with E-state index in [1.165, 1.54) is 0 Å². The molecule has 0 N–H and O–H groups in total. The summed E-state index contributed by atoms with van der Waals surface area (Å²) in [7, 11) is 6.69. The van der Waals surface area contributed by atoms with Gasteiger partial charge in [-0.25, -0.2) is 4.98 Å². The summed E-state index contributed by atoms with van der Waals surface area (Å²) < 4.78 is 18.5. The Morgan fingerprint density at radius 2 is 1.90 bits per heavy atom. The Hall–Kier alpha value is -3.96. The smallest absolute Gasteiger partial charge is 0.259 e. The number of hydrogen-bond acceptors (Lipinski definition) is 9. The predicted octanol–water partition coefficient (Wildman–Crippen LogP) is 5.82. The van der Waals surface area contributed by atoms with Crippen LogP contribution in [0.2, 0.25) is 0 Å². The molecule has 1 aliphatic heterocycles. The number of aryl methyl sites for hydroxylation is 1. The van der Waals surface area contributed by atoms with Gasteiger partial charge in [-0.1, -0.05) is 16.9 Å². The second kappa shape index (κ2) is 12.1. The molecule has 0 atom stereocenters. The van der Waals surface area contributed by atoms with Crippen molar-refractivity contribution < 1.29 is 19.0 Å². The maximum Gasteiger partial charge on any atom is 0.259 e. The highest BCUT2D eigenvalue weighted by Gasteiger charge is 2.21. The molecule has 1 amide bonds. The number of carbonyl (C=O) groups excluding carboxylic acids is 1. The van der Waals surface area contributed by atoms with Crippen LogP contribution in [-0.2, 0) is 11.3 Å². The van der Waals surface area contributed by atoms with E-state index in [0.717, 1.165) is 44.4 Å². The summed E-state index contributed by atoms with van der Waals surface area (Å²) in [6.07, 6.45) is 4.78. The van der Waals surface area contributed by atoms with Crippen molar-refractivity contribution in [1.82, 2.24) is 19.4 Å². The number of nitrogens with zero attached hydrogens (tertiary/aromatic N) is 4. The number of ether oxygens (including phenoxy) is 3. The van der Waals surface area contributed by atoms with E-state index in [-0.39, 0.29) is 18.3 Å². The molecule has 3 aromatic heterocycles. The third-order valence-corrected chi connectivity index (χ3v) is 9.74. The van der Waals surface area contributed by atoms with Crippen LogP contribution in [0.15, 0.2) is 64.7 Å². The minimum absolute atomic E-state index is 0.0452. The summed E-state index contributed by atoms with van der Waals surface area (Å²) >= 11 is 0. The van der Waals surface area contributed by atoms with E-state index >= 15 is 0 Å². The molecule has 0 saturated carbocycles. The van der Waals surface area contributed by atoms with Gasteiger partial charge in [0, 0.05) is 61.5 Å². The molecule has 11 heteroatoms. The van der Waals surface area contributed by atoms with Gasteiger partial charge in [-0.05, 0) is 65.4 Å². The zero-order valence-electron chi connectivity index (χ0n) is 23.6. The summed E-state index contributed by atoms with van der Waals surface area (Å²) in [5.74, 6) is 2.78. The first kappa shape index (κ1) is 28.2. The van der Waals surface area contributed by atoms with E-state index in [1.807, 2.05) is 43.3 Å². The molecule has 5 aromatic rings. The van der Waals surface area contributed by atoms with E-state index in [9.17, 15) is 9.59 Å². The van der Waals surface area contributed by atoms with Gasteiger partial charge >= 0.3 is 0 Å². The molecule has 0 radical (unpaired) electrons. The number of hydrogen-bond donors (Lipinski definition) is 0. The molecule has 2 aromatic carbocycles. The summed E-state index contributed by atoms with van der Waals surface area (Å²) in [4.78, 5) is 37.8. The second-order valence-corrected chi connectivity index (χ2v) is 12.5. The maximum atomic E-state index is 14.1. The lowest BCUT2D eigenvalue weighted by atomic mass is 10.0. The average Bonchev–Trinajstić information content (AvgIpc) is 3.47. The number of rotatable bonds is 10. The molecule has 4 heterocycles. The minimum atomic E-state index is -0.148. The Bertz CT molecular complexity index is 1860. The first-order valence-electron chi connectivity index (χ1n) is 13.6. The van der Waals surface area contributed by atoms with Crippen LogP contribution in [0.4, 0.5) is 0 Å². The van der Waals surface area contributed by atoms with Crippen LogP contribution in [0, 0.1) is 6.92 Å². The molecule has 42 heavy (non-hydrogen) atoms. The fourth-order valence-electron chi connectivity index (χ4n) is 5.17. The van der Waals surface area contributed by atoms with Gasteiger partial charge in [0.15, 0.2) is 11.5 Å². The first-order valence-corrected chi connectivity index (χ1v) is 15.9. The van der Waals surface area contributed by atoms with Gasteiger partial charge in [0.05, 0.1) is 23.5 Å². The SMILES string of the molecule is COc1cc2c(=O)n(CCN(C)C(=O)CCCSSc3ccccn3)c3c4cc5c(cc4ncc3c2cc1C)OCO5. The summed E-state index contributed by atoms with van der Waals surface area (Å²) in [5.41, 5.74) is 2.24. The molecule has 0 unspecified atom stereocenters. The van der Waals surface area contributed by atoms with Crippen LogP contribution in [-0.4, -0.2) is 58.6 Å². The van der Waals surface area contributed by atoms with Crippen molar-refractivity contribution >= 4 is 60.1 Å². The molecule has 0 fully saturated rings. The van der Waals surface area contributed by atoms with Crippen molar-refractivity contribution in [3.05, 3.63) is 70.8 Å². The lowest BCUT2D eigenvalue weighted by Crippen LogP contribution is -2.33. The third-order valence-electron chi connectivity index (χ3n) is 7.39. The summed E-state index contributed by atoms with van der Waals surface area (Å²) in [6, 6.07) is 13.3. The zero-order valence-corrected chi connectivity index (χ0v) is 25.2. The van der Waals surface area contributed by atoms with E-state index in [4.69, 9.17) is 19.2 Å². The Morgan fingerprint density at radius 3 is 2.69 bits per heavy atom. The number of pyridine rings is 3. The van der Waals surface area contributed by atoms with E-state index in [1.54, 1.807) is 63.7 Å². The number of aromatic nitrogens is 3. The van der Waals surface area contributed by atoms with Crippen molar-refractivity contribution in [2.24, 2.45) is 0 Å². The van der Waals surface area contributed by atoms with Gasteiger partial charge in [-0.2, -0.15) is 0 Å². The molecule has 9 nitrogen and oxygen atoms in total. The largest absolute Gasteiger partial charge is 0.496 e. The maximum absolute atomic E-state index is 14.1. The summed E-state index contributed by atoms with van der Waals surface area (Å²) in [5, 5.41) is 3.95. The third kappa shape index (κ3) is 5.46. The molecule has 0 aliphatic carbocycles. The van der Waals surface area contributed by atoms with E-state index in [0.29, 0.717) is 47.7 Å². The molecule has 0 bridgehead atoms.